The van der Waals surface area contributed by atoms with Crippen LogP contribution in [0.2, 0.25) is 0 Å². The van der Waals surface area contributed by atoms with Crippen LogP contribution in [0, 0.1) is 29.1 Å². The van der Waals surface area contributed by atoms with Crippen molar-refractivity contribution in [3.05, 3.63) is 0 Å². The van der Waals surface area contributed by atoms with Gasteiger partial charge in [-0.25, -0.2) is 5.01 Å². The van der Waals surface area contributed by atoms with E-state index in [0.29, 0.717) is 17.9 Å². The molecule has 5 rings (SSSR count). The van der Waals surface area contributed by atoms with Crippen LogP contribution in [0.3, 0.4) is 0 Å². The highest BCUT2D eigenvalue weighted by Gasteiger charge is 2.48. The number of amidine groups is 1. The maximum Gasteiger partial charge on any atom is 0.238 e. The van der Waals surface area contributed by atoms with Gasteiger partial charge in [-0.2, -0.15) is 0 Å². The lowest BCUT2D eigenvalue weighted by molar-refractivity contribution is -0.127. The number of rotatable bonds is 7. The van der Waals surface area contributed by atoms with Crippen molar-refractivity contribution < 1.29 is 9.59 Å². The third-order valence-corrected chi connectivity index (χ3v) is 9.72. The van der Waals surface area contributed by atoms with Gasteiger partial charge in [0.05, 0.1) is 24.2 Å². The number of amides is 2. The zero-order valence-electron chi connectivity index (χ0n) is 21.6. The molecule has 6 atom stereocenters. The van der Waals surface area contributed by atoms with Crippen LogP contribution in [0.25, 0.3) is 0 Å². The van der Waals surface area contributed by atoms with Gasteiger partial charge >= 0.3 is 0 Å². The van der Waals surface area contributed by atoms with Crippen LogP contribution in [-0.2, 0) is 9.59 Å². The molecule has 2 amide bonds. The normalized spacial score (nSPS) is 40.0. The summed E-state index contributed by atoms with van der Waals surface area (Å²) < 4.78 is 0. The van der Waals surface area contributed by atoms with Gasteiger partial charge in [0.2, 0.25) is 11.8 Å². The predicted molar refractivity (Wildman–Crippen MR) is 138 cm³/mol. The van der Waals surface area contributed by atoms with Crippen molar-refractivity contribution in [2.45, 2.75) is 101 Å². The number of hydrogen-bond donors (Lipinski definition) is 6. The van der Waals surface area contributed by atoms with E-state index in [1.807, 2.05) is 0 Å². The average molecular weight is 503 g/mol. The van der Waals surface area contributed by atoms with E-state index in [1.54, 1.807) is 0 Å². The van der Waals surface area contributed by atoms with Crippen molar-refractivity contribution in [2.75, 3.05) is 19.6 Å². The van der Waals surface area contributed by atoms with E-state index < -0.39 is 0 Å². The molecule has 0 radical (unpaired) electrons. The van der Waals surface area contributed by atoms with Gasteiger partial charge in [-0.3, -0.25) is 30.6 Å². The first kappa shape index (κ1) is 25.9. The summed E-state index contributed by atoms with van der Waals surface area (Å²) in [5.74, 6) is 1.34. The number of hydrogen-bond acceptors (Lipinski definition) is 7. The zero-order valence-corrected chi connectivity index (χ0v) is 21.6. The van der Waals surface area contributed by atoms with Crippen molar-refractivity contribution in [1.29, 1.82) is 5.41 Å². The number of fused-ring (bicyclic) bond motifs is 1. The fraction of sp³-hybridized carbons (Fsp3) is 0.885. The Balaban J connectivity index is 1.24. The standard InChI is InChI=1S/C26H46N8O2/c27-24(28)19-10-9-18-13-21(26(36)32-22-3-1-4-23(31-22)34-12-2-11-30-34)33(20(18)14-19)15-16-5-7-17(8-6-16)25(29)35/h16-23,30-31H,1-15H2,(H3,27,28)(H2,29,35)(H,32,36). The molecule has 0 aromatic carbocycles. The Morgan fingerprint density at radius 2 is 1.72 bits per heavy atom. The number of nitrogens with two attached hydrogens (primary N) is 2. The molecule has 202 valence electrons. The lowest BCUT2D eigenvalue weighted by Gasteiger charge is -2.40. The highest BCUT2D eigenvalue weighted by Crippen LogP contribution is 2.43. The average Bonchev–Trinajstić information content (AvgIpc) is 3.53. The number of likely N-dealkylation sites (tertiary alicyclic amines) is 1. The summed E-state index contributed by atoms with van der Waals surface area (Å²) in [6.07, 6.45) is 12.0. The Bertz CT molecular complexity index is 810. The molecule has 6 unspecified atom stereocenters. The first-order valence-electron chi connectivity index (χ1n) is 14.3. The molecule has 0 bridgehead atoms. The molecule has 5 fully saturated rings. The summed E-state index contributed by atoms with van der Waals surface area (Å²) in [5, 5.41) is 17.4. The molecule has 5 aliphatic rings. The van der Waals surface area contributed by atoms with Gasteiger partial charge < -0.3 is 16.8 Å². The van der Waals surface area contributed by atoms with Gasteiger partial charge in [0.25, 0.3) is 0 Å². The summed E-state index contributed by atoms with van der Waals surface area (Å²) in [7, 11) is 0. The van der Waals surface area contributed by atoms with Crippen molar-refractivity contribution in [3.63, 3.8) is 0 Å². The summed E-state index contributed by atoms with van der Waals surface area (Å²) in [5.41, 5.74) is 14.9. The van der Waals surface area contributed by atoms with E-state index in [4.69, 9.17) is 16.9 Å². The maximum atomic E-state index is 13.7. The number of carbonyl (C=O) groups is 2. The van der Waals surface area contributed by atoms with Crippen LogP contribution >= 0.6 is 0 Å². The second-order valence-electron chi connectivity index (χ2n) is 12.0. The lowest BCUT2D eigenvalue weighted by Crippen LogP contribution is -2.61. The highest BCUT2D eigenvalue weighted by molar-refractivity contribution is 5.83. The van der Waals surface area contributed by atoms with E-state index >= 15 is 0 Å². The Kier molecular flexibility index (Phi) is 8.14. The van der Waals surface area contributed by atoms with E-state index in [-0.39, 0.29) is 47.9 Å². The highest BCUT2D eigenvalue weighted by atomic mass is 16.2. The monoisotopic (exact) mass is 502 g/mol. The van der Waals surface area contributed by atoms with Gasteiger partial charge in [-0.05, 0) is 88.9 Å². The first-order chi connectivity index (χ1) is 17.4. The second kappa shape index (κ2) is 11.3. The zero-order chi connectivity index (χ0) is 25.2. The van der Waals surface area contributed by atoms with E-state index in [9.17, 15) is 9.59 Å². The molecule has 3 aliphatic heterocycles. The Morgan fingerprint density at radius 1 is 0.944 bits per heavy atom. The second-order valence-corrected chi connectivity index (χ2v) is 12.0. The topological polar surface area (TPSA) is 153 Å². The minimum absolute atomic E-state index is 0.000832. The van der Waals surface area contributed by atoms with Gasteiger partial charge in [0, 0.05) is 37.5 Å². The van der Waals surface area contributed by atoms with E-state index in [2.05, 4.69) is 26.0 Å². The molecule has 2 saturated carbocycles. The molecular weight excluding hydrogens is 456 g/mol. The van der Waals surface area contributed by atoms with Gasteiger partial charge in [0.1, 0.15) is 0 Å². The third-order valence-electron chi connectivity index (χ3n) is 9.72. The number of nitrogens with one attached hydrogen (secondary N) is 4. The van der Waals surface area contributed by atoms with Crippen molar-refractivity contribution >= 4 is 17.6 Å². The fourth-order valence-corrected chi connectivity index (χ4v) is 7.63. The van der Waals surface area contributed by atoms with E-state index in [1.165, 1.54) is 0 Å². The van der Waals surface area contributed by atoms with E-state index in [0.717, 1.165) is 96.7 Å². The summed E-state index contributed by atoms with van der Waals surface area (Å²) in [6, 6.07) is 0.171. The maximum absolute atomic E-state index is 13.7. The number of hydrazine groups is 1. The number of primary amides is 1. The van der Waals surface area contributed by atoms with Crippen molar-refractivity contribution in [1.82, 2.24) is 26.0 Å². The molecule has 0 aromatic heterocycles. The quantitative estimate of drug-likeness (QED) is 0.223. The molecule has 8 N–H and O–H groups in total. The fourth-order valence-electron chi connectivity index (χ4n) is 7.63. The molecule has 10 heteroatoms. The molecule has 3 saturated heterocycles. The van der Waals surface area contributed by atoms with Crippen LogP contribution in [-0.4, -0.2) is 71.6 Å². The summed E-state index contributed by atoms with van der Waals surface area (Å²) in [4.78, 5) is 27.9. The van der Waals surface area contributed by atoms with Crippen LogP contribution in [0.5, 0.6) is 0 Å². The summed E-state index contributed by atoms with van der Waals surface area (Å²) >= 11 is 0. The largest absolute Gasteiger partial charge is 0.387 e. The number of nitrogens with zero attached hydrogens (tertiary/aromatic N) is 2. The minimum atomic E-state index is -0.175. The molecule has 2 aliphatic carbocycles. The predicted octanol–water partition coefficient (Wildman–Crippen LogP) is 0.825. The van der Waals surface area contributed by atoms with Crippen LogP contribution in [0.15, 0.2) is 0 Å². The first-order valence-corrected chi connectivity index (χ1v) is 14.3. The third kappa shape index (κ3) is 5.71. The van der Waals surface area contributed by atoms with Crippen molar-refractivity contribution in [2.24, 2.45) is 35.1 Å². The van der Waals surface area contributed by atoms with Crippen molar-refractivity contribution in [3.8, 4) is 0 Å². The van der Waals surface area contributed by atoms with Gasteiger partial charge in [-0.15, -0.1) is 0 Å². The SMILES string of the molecule is N=C(N)C1CCC2CC(C(=O)NC3CCCC(N4CCCN4)N3)N(CC3CCC(C(N)=O)CC3)C2C1. The molecule has 0 aromatic rings. The molecule has 3 heterocycles. The van der Waals surface area contributed by atoms with Crippen LogP contribution in [0.1, 0.15) is 77.0 Å². The Labute approximate surface area is 215 Å². The van der Waals surface area contributed by atoms with Crippen LogP contribution < -0.4 is 27.5 Å². The van der Waals surface area contributed by atoms with Crippen LogP contribution in [0.4, 0.5) is 0 Å². The molecule has 0 spiro atoms. The molecular formula is C26H46N8O2. The number of piperidine rings is 1. The van der Waals surface area contributed by atoms with Gasteiger partial charge in [0.15, 0.2) is 0 Å². The lowest BCUT2D eigenvalue weighted by atomic mass is 9.77. The molecule has 36 heavy (non-hydrogen) atoms. The summed E-state index contributed by atoms with van der Waals surface area (Å²) in [6.45, 7) is 2.96. The van der Waals surface area contributed by atoms with Gasteiger partial charge in [-0.1, -0.05) is 0 Å². The number of carbonyl (C=O) groups excluding carboxylic acids is 2. The Hall–Kier alpha value is -1.75. The molecule has 10 nitrogen and oxygen atoms in total. The smallest absolute Gasteiger partial charge is 0.238 e. The minimum Gasteiger partial charge on any atom is -0.387 e. The Morgan fingerprint density at radius 3 is 2.42 bits per heavy atom.